The van der Waals surface area contributed by atoms with Crippen LogP contribution in [-0.2, 0) is 25.6 Å². The van der Waals surface area contributed by atoms with Crippen molar-refractivity contribution in [1.82, 2.24) is 15.5 Å². The van der Waals surface area contributed by atoms with E-state index in [-0.39, 0.29) is 18.3 Å². The van der Waals surface area contributed by atoms with E-state index in [1.807, 2.05) is 30.3 Å². The lowest BCUT2D eigenvalue weighted by atomic mass is 10.0. The zero-order chi connectivity index (χ0) is 24.4. The lowest BCUT2D eigenvalue weighted by Gasteiger charge is -2.28. The molecule has 1 saturated heterocycles. The number of alkyl halides is 1. The number of nitrogens with one attached hydrogen (secondary N) is 3. The van der Waals surface area contributed by atoms with Crippen molar-refractivity contribution in [3.8, 4) is 0 Å². The Balaban J connectivity index is 2.03. The second-order valence-corrected chi connectivity index (χ2v) is 8.22. The Kier molecular flexibility index (Phi) is 10.3. The van der Waals surface area contributed by atoms with Crippen LogP contribution in [0.15, 0.2) is 30.3 Å². The Morgan fingerprint density at radius 1 is 1.21 bits per heavy atom. The molecule has 11 heteroatoms. The number of benzene rings is 1. The first-order valence-corrected chi connectivity index (χ1v) is 11.4. The third kappa shape index (κ3) is 7.83. The number of Topliss-reactive ketones (excluding diaryl/α,β-unsaturated/α-hetero) is 2. The molecule has 1 aromatic carbocycles. The minimum Gasteiger partial charge on any atom is -0.370 e. The number of nitrogens with two attached hydrogens (primary N) is 2. The van der Waals surface area contributed by atoms with Gasteiger partial charge in [-0.1, -0.05) is 30.3 Å². The first kappa shape index (κ1) is 26.3. The molecule has 0 aromatic heterocycles. The summed E-state index contributed by atoms with van der Waals surface area (Å²) in [6.07, 6.45) is 1.94. The predicted molar refractivity (Wildman–Crippen MR) is 125 cm³/mol. The number of likely N-dealkylation sites (tertiary alicyclic amines) is 1. The molecule has 0 radical (unpaired) electrons. The van der Waals surface area contributed by atoms with Crippen LogP contribution in [0.2, 0.25) is 0 Å². The Labute approximate surface area is 197 Å². The maximum absolute atomic E-state index is 13.0. The second-order valence-electron chi connectivity index (χ2n) is 7.95. The summed E-state index contributed by atoms with van der Waals surface area (Å²) >= 11 is 5.52. The normalized spacial score (nSPS) is 17.2. The predicted octanol–water partition coefficient (Wildman–Crippen LogP) is -0.328. The van der Waals surface area contributed by atoms with Gasteiger partial charge in [0, 0.05) is 13.1 Å². The van der Waals surface area contributed by atoms with Crippen molar-refractivity contribution in [3.63, 3.8) is 0 Å². The highest BCUT2D eigenvalue weighted by Gasteiger charge is 2.38. The van der Waals surface area contributed by atoms with Crippen LogP contribution in [0.5, 0.6) is 0 Å². The topological polar surface area (TPSA) is 171 Å². The average molecular weight is 479 g/mol. The Morgan fingerprint density at radius 2 is 1.91 bits per heavy atom. The molecule has 2 rings (SSSR count). The van der Waals surface area contributed by atoms with E-state index in [2.05, 4.69) is 10.6 Å². The number of nitrogens with zero attached hydrogens (tertiary/aromatic N) is 1. The third-order valence-electron chi connectivity index (χ3n) is 5.47. The van der Waals surface area contributed by atoms with E-state index in [4.69, 9.17) is 28.5 Å². The molecule has 180 valence electrons. The molecule has 7 N–H and O–H groups in total. The molecule has 0 unspecified atom stereocenters. The molecular weight excluding hydrogens is 448 g/mol. The minimum absolute atomic E-state index is 0.154. The zero-order valence-corrected chi connectivity index (χ0v) is 19.1. The molecule has 0 bridgehead atoms. The molecule has 33 heavy (non-hydrogen) atoms. The van der Waals surface area contributed by atoms with Crippen molar-refractivity contribution in [2.75, 3.05) is 19.0 Å². The van der Waals surface area contributed by atoms with Gasteiger partial charge in [-0.15, -0.1) is 11.6 Å². The summed E-state index contributed by atoms with van der Waals surface area (Å²) in [5, 5.41) is 12.4. The summed E-state index contributed by atoms with van der Waals surface area (Å²) < 4.78 is 0. The summed E-state index contributed by atoms with van der Waals surface area (Å²) in [7, 11) is 0. The third-order valence-corrected chi connectivity index (χ3v) is 5.71. The molecule has 1 aromatic rings. The maximum Gasteiger partial charge on any atom is 0.243 e. The molecule has 1 aliphatic rings. The van der Waals surface area contributed by atoms with Crippen LogP contribution >= 0.6 is 11.6 Å². The Hall–Kier alpha value is -2.98. The van der Waals surface area contributed by atoms with Gasteiger partial charge in [0.25, 0.3) is 0 Å². The minimum atomic E-state index is -1.08. The summed E-state index contributed by atoms with van der Waals surface area (Å²) in [4.78, 5) is 51.7. The Morgan fingerprint density at radius 3 is 2.55 bits per heavy atom. The van der Waals surface area contributed by atoms with Crippen molar-refractivity contribution < 1.29 is 19.2 Å². The van der Waals surface area contributed by atoms with Crippen LogP contribution in [0.25, 0.3) is 0 Å². The van der Waals surface area contributed by atoms with Crippen molar-refractivity contribution in [2.45, 2.75) is 50.2 Å². The molecule has 2 amide bonds. The van der Waals surface area contributed by atoms with Crippen molar-refractivity contribution >= 4 is 40.9 Å². The van der Waals surface area contributed by atoms with E-state index < -0.39 is 41.5 Å². The van der Waals surface area contributed by atoms with Gasteiger partial charge in [0.15, 0.2) is 5.96 Å². The van der Waals surface area contributed by atoms with Crippen LogP contribution in [0.1, 0.15) is 31.2 Å². The van der Waals surface area contributed by atoms with Gasteiger partial charge < -0.3 is 27.0 Å². The van der Waals surface area contributed by atoms with Crippen LogP contribution in [0, 0.1) is 5.41 Å². The number of halogens is 1. The van der Waals surface area contributed by atoms with Gasteiger partial charge in [-0.05, 0) is 37.7 Å². The van der Waals surface area contributed by atoms with Gasteiger partial charge in [0.1, 0.15) is 6.04 Å². The molecule has 0 spiro atoms. The van der Waals surface area contributed by atoms with E-state index in [1.165, 1.54) is 4.90 Å². The fraction of sp³-hybridized carbons (Fsp3) is 0.500. The van der Waals surface area contributed by atoms with Gasteiger partial charge in [0.05, 0.1) is 18.0 Å². The van der Waals surface area contributed by atoms with Crippen molar-refractivity contribution in [3.05, 3.63) is 35.9 Å². The molecule has 0 aliphatic carbocycles. The number of rotatable bonds is 12. The number of ketones is 2. The number of guanidine groups is 1. The van der Waals surface area contributed by atoms with Crippen LogP contribution in [0.3, 0.4) is 0 Å². The molecule has 1 heterocycles. The lowest BCUT2D eigenvalue weighted by molar-refractivity contribution is -0.141. The average Bonchev–Trinajstić information content (AvgIpc) is 3.30. The summed E-state index contributed by atoms with van der Waals surface area (Å²) in [5.74, 6) is -3.14. The number of amides is 2. The molecule has 10 nitrogen and oxygen atoms in total. The fourth-order valence-corrected chi connectivity index (χ4v) is 3.93. The van der Waals surface area contributed by atoms with Gasteiger partial charge >= 0.3 is 0 Å². The van der Waals surface area contributed by atoms with Crippen molar-refractivity contribution in [2.24, 2.45) is 11.5 Å². The molecule has 0 saturated carbocycles. The van der Waals surface area contributed by atoms with Gasteiger partial charge in [-0.2, -0.15) is 0 Å². The SMILES string of the molecule is N=C(N)NCCC[C@H](NC(=O)[C@@H]1CCCN1C(=O)[C@@H](N)Cc1ccccc1)C(=O)C(=O)CCl. The van der Waals surface area contributed by atoms with Crippen LogP contribution in [0.4, 0.5) is 0 Å². The van der Waals surface area contributed by atoms with E-state index in [0.29, 0.717) is 38.8 Å². The zero-order valence-electron chi connectivity index (χ0n) is 18.4. The summed E-state index contributed by atoms with van der Waals surface area (Å²) in [5.41, 5.74) is 12.3. The first-order chi connectivity index (χ1) is 15.7. The smallest absolute Gasteiger partial charge is 0.243 e. The second kappa shape index (κ2) is 12.9. The monoisotopic (exact) mass is 478 g/mol. The highest BCUT2D eigenvalue weighted by atomic mass is 35.5. The van der Waals surface area contributed by atoms with E-state index >= 15 is 0 Å². The van der Waals surface area contributed by atoms with E-state index in [0.717, 1.165) is 5.56 Å². The highest BCUT2D eigenvalue weighted by molar-refractivity contribution is 6.48. The fourth-order valence-electron chi connectivity index (χ4n) is 3.80. The lowest BCUT2D eigenvalue weighted by Crippen LogP contribution is -2.55. The molecule has 1 aliphatic heterocycles. The summed E-state index contributed by atoms with van der Waals surface area (Å²) in [6, 6.07) is 6.73. The molecule has 1 fully saturated rings. The van der Waals surface area contributed by atoms with Crippen LogP contribution in [-0.4, -0.2) is 71.3 Å². The van der Waals surface area contributed by atoms with E-state index in [9.17, 15) is 19.2 Å². The standard InChI is InChI=1S/C22H31ClN6O4/c23-13-18(30)19(31)16(8-4-10-27-22(25)26)28-20(32)17-9-5-11-29(17)21(33)15(24)12-14-6-2-1-3-7-14/h1-3,6-7,15-17H,4-5,8-13,24H2,(H,28,32)(H4,25,26,27)/t15-,16-,17-/m0/s1. The van der Waals surface area contributed by atoms with Crippen molar-refractivity contribution in [1.29, 1.82) is 5.41 Å². The van der Waals surface area contributed by atoms with Crippen LogP contribution < -0.4 is 22.1 Å². The summed E-state index contributed by atoms with van der Waals surface area (Å²) in [6.45, 7) is 0.688. The first-order valence-electron chi connectivity index (χ1n) is 10.9. The molecular formula is C22H31ClN6O4. The number of hydrogen-bond acceptors (Lipinski definition) is 6. The quantitative estimate of drug-likeness (QED) is 0.0899. The largest absolute Gasteiger partial charge is 0.370 e. The number of carbonyl (C=O) groups is 4. The number of hydrogen-bond donors (Lipinski definition) is 5. The van der Waals surface area contributed by atoms with Gasteiger partial charge in [-0.3, -0.25) is 24.6 Å². The number of carbonyl (C=O) groups excluding carboxylic acids is 4. The molecule has 3 atom stereocenters. The van der Waals surface area contributed by atoms with Gasteiger partial charge in [-0.25, -0.2) is 0 Å². The maximum atomic E-state index is 13.0. The van der Waals surface area contributed by atoms with Gasteiger partial charge in [0.2, 0.25) is 23.4 Å². The highest BCUT2D eigenvalue weighted by Crippen LogP contribution is 2.20. The van der Waals surface area contributed by atoms with E-state index in [1.54, 1.807) is 0 Å². The Bertz CT molecular complexity index is 866.